The molecule has 1 unspecified atom stereocenters. The van der Waals surface area contributed by atoms with Crippen molar-refractivity contribution in [3.05, 3.63) is 0 Å². The molecule has 1 aliphatic rings. The maximum absolute atomic E-state index is 11.8. The van der Waals surface area contributed by atoms with Crippen molar-refractivity contribution < 1.29 is 14.7 Å². The van der Waals surface area contributed by atoms with E-state index in [4.69, 9.17) is 5.11 Å². The van der Waals surface area contributed by atoms with Crippen LogP contribution in [0.1, 0.15) is 27.2 Å². The largest absolute Gasteiger partial charge is 0.480 e. The molecule has 0 radical (unpaired) electrons. The molecule has 0 aliphatic carbocycles. The highest BCUT2D eigenvalue weighted by atomic mass is 16.4. The predicted octanol–water partition coefficient (Wildman–Crippen LogP) is 0.239. The predicted molar refractivity (Wildman–Crippen MR) is 77.6 cm³/mol. The number of nitrogens with zero attached hydrogens (tertiary/aromatic N) is 2. The van der Waals surface area contributed by atoms with Crippen LogP contribution < -0.4 is 5.32 Å². The zero-order valence-corrected chi connectivity index (χ0v) is 12.8. The zero-order chi connectivity index (χ0) is 15.1. The molecule has 0 bridgehead atoms. The fraction of sp³-hybridized carbons (Fsp3) is 0.857. The Kier molecular flexibility index (Phi) is 6.95. The number of carboxylic acids is 1. The van der Waals surface area contributed by atoms with Gasteiger partial charge in [0.2, 0.25) is 5.91 Å². The lowest BCUT2D eigenvalue weighted by atomic mass is 10.0. The lowest BCUT2D eigenvalue weighted by Gasteiger charge is -2.33. The van der Waals surface area contributed by atoms with Crippen molar-refractivity contribution in [2.45, 2.75) is 33.2 Å². The third-order valence-electron chi connectivity index (χ3n) is 3.82. The average molecular weight is 285 g/mol. The summed E-state index contributed by atoms with van der Waals surface area (Å²) in [6.45, 7) is 11.6. The molecule has 1 rings (SSSR count). The standard InChI is InChI=1S/C14H27N3O3/c1-4-16-7-9-17(10-8-16)6-5-12(18)15-13(11(2)3)14(19)20/h11,13H,4-10H2,1-3H3,(H,15,18)(H,19,20). The molecule has 1 amide bonds. The van der Waals surface area contributed by atoms with Crippen LogP contribution >= 0.6 is 0 Å². The Morgan fingerprint density at radius 2 is 1.70 bits per heavy atom. The Hall–Kier alpha value is -1.14. The van der Waals surface area contributed by atoms with Crippen molar-refractivity contribution in [3.8, 4) is 0 Å². The normalized spacial score (nSPS) is 19.0. The SMILES string of the molecule is CCN1CCN(CCC(=O)NC(C(=O)O)C(C)C)CC1. The van der Waals surface area contributed by atoms with Gasteiger partial charge in [0.1, 0.15) is 6.04 Å². The van der Waals surface area contributed by atoms with Gasteiger partial charge in [0, 0.05) is 39.1 Å². The van der Waals surface area contributed by atoms with Crippen LogP contribution in [0.2, 0.25) is 0 Å². The van der Waals surface area contributed by atoms with Crippen LogP contribution in [0.5, 0.6) is 0 Å². The molecule has 1 fully saturated rings. The topological polar surface area (TPSA) is 72.9 Å². The molecule has 0 aromatic heterocycles. The van der Waals surface area contributed by atoms with E-state index in [1.165, 1.54) is 0 Å². The number of carbonyl (C=O) groups is 2. The lowest BCUT2D eigenvalue weighted by molar-refractivity contribution is -0.143. The number of hydrogen-bond donors (Lipinski definition) is 2. The highest BCUT2D eigenvalue weighted by molar-refractivity contribution is 5.83. The number of amides is 1. The molecule has 0 saturated carbocycles. The van der Waals surface area contributed by atoms with E-state index in [1.807, 2.05) is 0 Å². The Morgan fingerprint density at radius 1 is 1.15 bits per heavy atom. The van der Waals surface area contributed by atoms with E-state index in [0.29, 0.717) is 13.0 Å². The monoisotopic (exact) mass is 285 g/mol. The van der Waals surface area contributed by atoms with Gasteiger partial charge in [0.05, 0.1) is 0 Å². The molecular formula is C14H27N3O3. The molecule has 1 saturated heterocycles. The molecule has 1 atom stereocenters. The lowest BCUT2D eigenvalue weighted by Crippen LogP contribution is -2.48. The van der Waals surface area contributed by atoms with Gasteiger partial charge in [-0.15, -0.1) is 0 Å². The maximum Gasteiger partial charge on any atom is 0.326 e. The first-order valence-corrected chi connectivity index (χ1v) is 7.41. The van der Waals surface area contributed by atoms with Crippen molar-refractivity contribution in [2.75, 3.05) is 39.3 Å². The molecule has 6 heteroatoms. The molecule has 0 aromatic rings. The summed E-state index contributed by atoms with van der Waals surface area (Å²) in [5.41, 5.74) is 0. The number of nitrogens with one attached hydrogen (secondary N) is 1. The van der Waals surface area contributed by atoms with Gasteiger partial charge in [-0.2, -0.15) is 0 Å². The maximum atomic E-state index is 11.8. The summed E-state index contributed by atoms with van der Waals surface area (Å²) in [6, 6.07) is -0.792. The summed E-state index contributed by atoms with van der Waals surface area (Å²) in [5.74, 6) is -1.25. The third-order valence-corrected chi connectivity index (χ3v) is 3.82. The molecule has 20 heavy (non-hydrogen) atoms. The molecule has 116 valence electrons. The van der Waals surface area contributed by atoms with Crippen molar-refractivity contribution in [1.82, 2.24) is 15.1 Å². The first-order chi connectivity index (χ1) is 9.43. The molecular weight excluding hydrogens is 258 g/mol. The van der Waals surface area contributed by atoms with E-state index in [9.17, 15) is 9.59 Å². The van der Waals surface area contributed by atoms with Gasteiger partial charge in [-0.25, -0.2) is 4.79 Å². The van der Waals surface area contributed by atoms with Gasteiger partial charge in [-0.3, -0.25) is 4.79 Å². The van der Waals surface area contributed by atoms with Crippen molar-refractivity contribution in [2.24, 2.45) is 5.92 Å². The minimum atomic E-state index is -0.968. The van der Waals surface area contributed by atoms with E-state index < -0.39 is 12.0 Å². The van der Waals surface area contributed by atoms with Crippen LogP contribution in [0.25, 0.3) is 0 Å². The summed E-state index contributed by atoms with van der Waals surface area (Å²) in [4.78, 5) is 27.5. The summed E-state index contributed by atoms with van der Waals surface area (Å²) in [5, 5.41) is 11.6. The van der Waals surface area contributed by atoms with Crippen molar-refractivity contribution >= 4 is 11.9 Å². The number of carbonyl (C=O) groups excluding carboxylic acids is 1. The minimum absolute atomic E-state index is 0.107. The van der Waals surface area contributed by atoms with Gasteiger partial charge in [0.25, 0.3) is 0 Å². The van der Waals surface area contributed by atoms with Gasteiger partial charge < -0.3 is 20.2 Å². The van der Waals surface area contributed by atoms with Crippen LogP contribution in [0.4, 0.5) is 0 Å². The molecule has 0 aromatic carbocycles. The van der Waals surface area contributed by atoms with Gasteiger partial charge in [0.15, 0.2) is 0 Å². The van der Waals surface area contributed by atoms with E-state index in [2.05, 4.69) is 22.0 Å². The Balaban J connectivity index is 2.28. The molecule has 0 spiro atoms. The Morgan fingerprint density at radius 3 is 2.15 bits per heavy atom. The summed E-state index contributed by atoms with van der Waals surface area (Å²) >= 11 is 0. The second-order valence-electron chi connectivity index (χ2n) is 5.65. The summed E-state index contributed by atoms with van der Waals surface area (Å²) in [6.07, 6.45) is 0.364. The summed E-state index contributed by atoms with van der Waals surface area (Å²) < 4.78 is 0. The second kappa shape index (κ2) is 8.21. The third kappa shape index (κ3) is 5.46. The van der Waals surface area contributed by atoms with Gasteiger partial charge in [-0.1, -0.05) is 20.8 Å². The number of hydrogen-bond acceptors (Lipinski definition) is 4. The molecule has 2 N–H and O–H groups in total. The van der Waals surface area contributed by atoms with E-state index >= 15 is 0 Å². The first-order valence-electron chi connectivity index (χ1n) is 7.41. The van der Waals surface area contributed by atoms with Crippen LogP contribution in [-0.2, 0) is 9.59 Å². The minimum Gasteiger partial charge on any atom is -0.480 e. The average Bonchev–Trinajstić information content (AvgIpc) is 2.42. The van der Waals surface area contributed by atoms with E-state index in [-0.39, 0.29) is 11.8 Å². The fourth-order valence-corrected chi connectivity index (χ4v) is 2.35. The van der Waals surface area contributed by atoms with Crippen LogP contribution in [0.3, 0.4) is 0 Å². The van der Waals surface area contributed by atoms with Crippen molar-refractivity contribution in [3.63, 3.8) is 0 Å². The highest BCUT2D eigenvalue weighted by Crippen LogP contribution is 2.04. The molecule has 6 nitrogen and oxygen atoms in total. The second-order valence-corrected chi connectivity index (χ2v) is 5.65. The van der Waals surface area contributed by atoms with E-state index in [0.717, 1.165) is 32.7 Å². The Labute approximate surface area is 121 Å². The number of piperazine rings is 1. The summed E-state index contributed by atoms with van der Waals surface area (Å²) in [7, 11) is 0. The van der Waals surface area contributed by atoms with Gasteiger partial charge in [-0.05, 0) is 12.5 Å². The zero-order valence-electron chi connectivity index (χ0n) is 12.8. The fourth-order valence-electron chi connectivity index (χ4n) is 2.35. The van der Waals surface area contributed by atoms with Crippen molar-refractivity contribution in [1.29, 1.82) is 0 Å². The Bertz CT molecular complexity index is 326. The molecule has 1 heterocycles. The van der Waals surface area contributed by atoms with E-state index in [1.54, 1.807) is 13.8 Å². The first kappa shape index (κ1) is 16.9. The van der Waals surface area contributed by atoms with Crippen LogP contribution in [0, 0.1) is 5.92 Å². The quantitative estimate of drug-likeness (QED) is 0.701. The number of carboxylic acid groups (broad SMARTS) is 1. The van der Waals surface area contributed by atoms with Crippen LogP contribution in [-0.4, -0.2) is 72.1 Å². The number of rotatable bonds is 7. The van der Waals surface area contributed by atoms with Gasteiger partial charge >= 0.3 is 5.97 Å². The highest BCUT2D eigenvalue weighted by Gasteiger charge is 2.23. The number of aliphatic carboxylic acids is 1. The van der Waals surface area contributed by atoms with Crippen LogP contribution in [0.15, 0.2) is 0 Å². The molecule has 1 aliphatic heterocycles. The number of likely N-dealkylation sites (N-methyl/N-ethyl adjacent to an activating group) is 1. The smallest absolute Gasteiger partial charge is 0.326 e.